The second-order valence-electron chi connectivity index (χ2n) is 10.5. The molecule has 1 N–H and O–H groups in total. The van der Waals surface area contributed by atoms with Crippen molar-refractivity contribution in [2.75, 3.05) is 0 Å². The lowest BCUT2D eigenvalue weighted by Gasteiger charge is -2.59. The molecule has 4 aliphatic rings. The number of rotatable bonds is 3. The van der Waals surface area contributed by atoms with Crippen LogP contribution in [0.3, 0.4) is 0 Å². The average Bonchev–Trinajstić information content (AvgIpc) is 3.00. The van der Waals surface area contributed by atoms with Crippen molar-refractivity contribution in [1.82, 2.24) is 0 Å². The van der Waals surface area contributed by atoms with Crippen LogP contribution in [0.5, 0.6) is 0 Å². The number of aliphatic hydroxyl groups is 1. The van der Waals surface area contributed by atoms with Crippen molar-refractivity contribution in [3.05, 3.63) is 59.7 Å². The van der Waals surface area contributed by atoms with Gasteiger partial charge in [-0.05, 0) is 60.8 Å². The SMILES string of the molecule is C[C@]12C=CC(=O)C=C1CC[C@@H]1[C@H]2[C@@H](O)C[C@@]2(C)[C@H]1CC[C@]2(Cl)[S@+]([O-])Cc1ccccc1. The average molecular weight is 459 g/mol. The van der Waals surface area contributed by atoms with E-state index in [0.717, 1.165) is 36.8 Å². The van der Waals surface area contributed by atoms with Crippen LogP contribution < -0.4 is 0 Å². The monoisotopic (exact) mass is 458 g/mol. The first-order valence-corrected chi connectivity index (χ1v) is 13.1. The van der Waals surface area contributed by atoms with Crippen molar-refractivity contribution in [1.29, 1.82) is 0 Å². The minimum atomic E-state index is -1.24. The van der Waals surface area contributed by atoms with Crippen molar-refractivity contribution in [2.45, 2.75) is 62.0 Å². The molecule has 0 aliphatic heterocycles. The summed E-state index contributed by atoms with van der Waals surface area (Å²) in [4.78, 5) is 12.0. The van der Waals surface area contributed by atoms with E-state index in [9.17, 15) is 14.5 Å². The van der Waals surface area contributed by atoms with Crippen LogP contribution in [0.1, 0.15) is 51.5 Å². The number of alkyl halides is 1. The van der Waals surface area contributed by atoms with E-state index in [4.69, 9.17) is 11.6 Å². The number of halogens is 1. The Bertz CT molecular complexity index is 945. The number of aliphatic hydroxyl groups excluding tert-OH is 1. The Morgan fingerprint density at radius 2 is 1.97 bits per heavy atom. The minimum absolute atomic E-state index is 0.0537. The normalized spacial score (nSPS) is 44.8. The van der Waals surface area contributed by atoms with Crippen LogP contribution in [0, 0.1) is 28.6 Å². The molecule has 0 radical (unpaired) electrons. The fourth-order valence-corrected chi connectivity index (χ4v) is 9.79. The summed E-state index contributed by atoms with van der Waals surface area (Å²) >= 11 is 6.06. The van der Waals surface area contributed by atoms with Gasteiger partial charge in [0.25, 0.3) is 0 Å². The summed E-state index contributed by atoms with van der Waals surface area (Å²) in [5.41, 5.74) is 1.55. The van der Waals surface area contributed by atoms with Gasteiger partial charge in [0.1, 0.15) is 5.75 Å². The zero-order chi connectivity index (χ0) is 22.0. The minimum Gasteiger partial charge on any atom is -0.615 e. The second kappa shape index (κ2) is 7.48. The fourth-order valence-electron chi connectivity index (χ4n) is 7.48. The standard InChI is InChI=1S/C26H31ClO3S/c1-24-12-10-19(28)14-18(24)8-9-20-21-11-13-26(27,25(21,2)15-22(29)23(20)24)31(30)16-17-6-4-3-5-7-17/h3-7,10,12,14,20-23,29H,8-9,11,13,15-16H2,1-2H3/t20-,21-,22-,23-,24-,25-,26-,31+/m0/s1. The highest BCUT2D eigenvalue weighted by Crippen LogP contribution is 2.69. The molecule has 31 heavy (non-hydrogen) atoms. The number of ketones is 1. The lowest BCUT2D eigenvalue weighted by Crippen LogP contribution is -2.59. The molecule has 0 saturated heterocycles. The largest absolute Gasteiger partial charge is 0.615 e. The maximum absolute atomic E-state index is 13.6. The van der Waals surface area contributed by atoms with Gasteiger partial charge in [-0.15, -0.1) is 0 Å². The molecule has 166 valence electrons. The van der Waals surface area contributed by atoms with Gasteiger partial charge in [-0.3, -0.25) is 4.79 Å². The molecule has 0 amide bonds. The van der Waals surface area contributed by atoms with E-state index in [-0.39, 0.29) is 22.5 Å². The van der Waals surface area contributed by atoms with Crippen LogP contribution in [-0.2, 0) is 21.7 Å². The maximum atomic E-state index is 13.6. The van der Waals surface area contributed by atoms with Gasteiger partial charge in [0.05, 0.1) is 6.10 Å². The summed E-state index contributed by atoms with van der Waals surface area (Å²) < 4.78 is 12.8. The Balaban J connectivity index is 1.46. The highest BCUT2D eigenvalue weighted by molar-refractivity contribution is 7.93. The van der Waals surface area contributed by atoms with Crippen LogP contribution in [-0.4, -0.2) is 25.8 Å². The Hall–Kier alpha value is -1.07. The third-order valence-corrected chi connectivity index (χ3v) is 12.1. The third kappa shape index (κ3) is 3.13. The summed E-state index contributed by atoms with van der Waals surface area (Å²) in [6.07, 6.45) is 9.04. The fraction of sp³-hybridized carbons (Fsp3) is 0.577. The first-order chi connectivity index (χ1) is 14.7. The van der Waals surface area contributed by atoms with Gasteiger partial charge in [0.15, 0.2) is 5.78 Å². The second-order valence-corrected chi connectivity index (χ2v) is 13.0. The van der Waals surface area contributed by atoms with Gasteiger partial charge >= 0.3 is 0 Å². The van der Waals surface area contributed by atoms with Gasteiger partial charge < -0.3 is 9.66 Å². The topological polar surface area (TPSA) is 60.4 Å². The molecule has 3 saturated carbocycles. The summed E-state index contributed by atoms with van der Waals surface area (Å²) in [6, 6.07) is 9.92. The molecule has 0 unspecified atom stereocenters. The highest BCUT2D eigenvalue weighted by atomic mass is 35.5. The Labute approximate surface area is 193 Å². The van der Waals surface area contributed by atoms with E-state index in [1.165, 1.54) is 0 Å². The molecule has 3 fully saturated rings. The van der Waals surface area contributed by atoms with Gasteiger partial charge in [-0.2, -0.15) is 0 Å². The molecule has 5 heteroatoms. The quantitative estimate of drug-likeness (QED) is 0.503. The molecular weight excluding hydrogens is 428 g/mol. The van der Waals surface area contributed by atoms with Crippen LogP contribution in [0.4, 0.5) is 0 Å². The molecule has 0 heterocycles. The molecule has 0 spiro atoms. The highest BCUT2D eigenvalue weighted by Gasteiger charge is 2.70. The molecule has 4 aliphatic carbocycles. The van der Waals surface area contributed by atoms with Crippen molar-refractivity contribution in [2.24, 2.45) is 28.6 Å². The first kappa shape index (κ1) is 21.8. The molecule has 0 bridgehead atoms. The lowest BCUT2D eigenvalue weighted by atomic mass is 9.47. The van der Waals surface area contributed by atoms with E-state index in [1.807, 2.05) is 36.4 Å². The predicted molar refractivity (Wildman–Crippen MR) is 125 cm³/mol. The zero-order valence-electron chi connectivity index (χ0n) is 18.2. The maximum Gasteiger partial charge on any atom is 0.204 e. The summed E-state index contributed by atoms with van der Waals surface area (Å²) in [5, 5.41) is 11.5. The molecule has 1 aromatic rings. The van der Waals surface area contributed by atoms with Crippen molar-refractivity contribution >= 4 is 28.6 Å². The predicted octanol–water partition coefficient (Wildman–Crippen LogP) is 5.15. The number of carbonyl (C=O) groups excluding carboxylic acids is 1. The number of benzene rings is 1. The number of carbonyl (C=O) groups is 1. The van der Waals surface area contributed by atoms with E-state index in [0.29, 0.717) is 24.0 Å². The first-order valence-electron chi connectivity index (χ1n) is 11.4. The Kier molecular flexibility index (Phi) is 5.25. The number of hydrogen-bond acceptors (Lipinski definition) is 3. The van der Waals surface area contributed by atoms with Gasteiger partial charge in [-0.25, -0.2) is 0 Å². The smallest absolute Gasteiger partial charge is 0.204 e. The van der Waals surface area contributed by atoms with E-state index < -0.39 is 21.5 Å². The van der Waals surface area contributed by atoms with Crippen LogP contribution in [0.15, 0.2) is 54.1 Å². The molecule has 3 nitrogen and oxygen atoms in total. The Morgan fingerprint density at radius 3 is 2.71 bits per heavy atom. The summed E-state index contributed by atoms with van der Waals surface area (Å²) in [6.45, 7) is 4.36. The lowest BCUT2D eigenvalue weighted by molar-refractivity contribution is -0.114. The zero-order valence-corrected chi connectivity index (χ0v) is 19.8. The molecular formula is C26H31ClO3S. The van der Waals surface area contributed by atoms with Crippen molar-refractivity contribution in [3.63, 3.8) is 0 Å². The third-order valence-electron chi connectivity index (χ3n) is 9.02. The number of hydrogen-bond donors (Lipinski definition) is 1. The van der Waals surface area contributed by atoms with E-state index in [1.54, 1.807) is 12.2 Å². The molecule has 1 aromatic carbocycles. The van der Waals surface area contributed by atoms with E-state index >= 15 is 0 Å². The molecule has 8 atom stereocenters. The summed E-state index contributed by atoms with van der Waals surface area (Å²) in [5.74, 6) is 1.24. The van der Waals surface area contributed by atoms with Gasteiger partial charge in [0.2, 0.25) is 4.21 Å². The van der Waals surface area contributed by atoms with Gasteiger partial charge in [0, 0.05) is 28.7 Å². The van der Waals surface area contributed by atoms with Crippen LogP contribution >= 0.6 is 11.6 Å². The van der Waals surface area contributed by atoms with Crippen LogP contribution in [0.2, 0.25) is 0 Å². The van der Waals surface area contributed by atoms with Crippen molar-refractivity contribution in [3.8, 4) is 0 Å². The number of fused-ring (bicyclic) bond motifs is 5. The molecule has 5 rings (SSSR count). The number of allylic oxidation sites excluding steroid dienone is 4. The van der Waals surface area contributed by atoms with E-state index in [2.05, 4.69) is 13.8 Å². The summed E-state index contributed by atoms with van der Waals surface area (Å²) in [7, 11) is 0. The van der Waals surface area contributed by atoms with Crippen LogP contribution in [0.25, 0.3) is 0 Å². The Morgan fingerprint density at radius 1 is 1.23 bits per heavy atom. The van der Waals surface area contributed by atoms with Crippen molar-refractivity contribution < 1.29 is 14.5 Å². The molecule has 0 aromatic heterocycles. The van der Waals surface area contributed by atoms with Gasteiger partial charge in [-0.1, -0.05) is 67.4 Å².